The lowest BCUT2D eigenvalue weighted by Gasteiger charge is -2.32. The van der Waals surface area contributed by atoms with Gasteiger partial charge in [-0.3, -0.25) is 4.79 Å². The fraction of sp³-hybridized carbons (Fsp3) is 0.526. The molecule has 0 aliphatic carbocycles. The molecule has 0 aliphatic heterocycles. The number of hydrogen-bond donors (Lipinski definition) is 0. The van der Waals surface area contributed by atoms with Crippen molar-refractivity contribution in [3.05, 3.63) is 41.4 Å². The Labute approximate surface area is 143 Å². The quantitative estimate of drug-likeness (QED) is 0.494. The van der Waals surface area contributed by atoms with Gasteiger partial charge in [-0.15, -0.1) is 0 Å². The van der Waals surface area contributed by atoms with E-state index in [9.17, 15) is 4.79 Å². The molecule has 0 radical (unpaired) electrons. The maximum Gasteiger partial charge on any atom is 0.250 e. The lowest BCUT2D eigenvalue weighted by Crippen LogP contribution is -2.39. The standard InChI is InChI=1S/C19H28BrNO/c1-5-8-17(12-9-15(4)6-2)21(19(22)7-3)18-13-10-16(20)11-14-18/h7,10-11,13-15,17H,3,5-6,8-9,12H2,1-2,4H3. The molecule has 2 unspecified atom stereocenters. The summed E-state index contributed by atoms with van der Waals surface area (Å²) in [5, 5.41) is 0. The molecular formula is C19H28BrNO. The fourth-order valence-electron chi connectivity index (χ4n) is 2.63. The predicted octanol–water partition coefficient (Wildman–Crippen LogP) is 5.96. The molecule has 2 nitrogen and oxygen atoms in total. The Hall–Kier alpha value is -1.09. The molecule has 0 aliphatic rings. The zero-order valence-corrected chi connectivity index (χ0v) is 15.6. The Bertz CT molecular complexity index is 469. The minimum Gasteiger partial charge on any atom is -0.306 e. The highest BCUT2D eigenvalue weighted by atomic mass is 79.9. The maximum absolute atomic E-state index is 12.4. The minimum atomic E-state index is -0.00933. The molecule has 1 amide bonds. The Kier molecular flexibility index (Phi) is 8.47. The van der Waals surface area contributed by atoms with E-state index >= 15 is 0 Å². The second kappa shape index (κ2) is 9.83. The van der Waals surface area contributed by atoms with Gasteiger partial charge in [-0.25, -0.2) is 0 Å². The van der Waals surface area contributed by atoms with Crippen LogP contribution in [0.5, 0.6) is 0 Å². The zero-order chi connectivity index (χ0) is 16.5. The van der Waals surface area contributed by atoms with E-state index in [1.807, 2.05) is 29.2 Å². The van der Waals surface area contributed by atoms with Crippen LogP contribution in [0.4, 0.5) is 5.69 Å². The van der Waals surface area contributed by atoms with Crippen LogP contribution in [-0.4, -0.2) is 11.9 Å². The third-order valence-corrected chi connectivity index (χ3v) is 4.72. The van der Waals surface area contributed by atoms with Crippen molar-refractivity contribution in [3.8, 4) is 0 Å². The molecule has 2 atom stereocenters. The topological polar surface area (TPSA) is 20.3 Å². The van der Waals surface area contributed by atoms with E-state index in [-0.39, 0.29) is 11.9 Å². The monoisotopic (exact) mass is 365 g/mol. The molecule has 1 rings (SSSR count). The van der Waals surface area contributed by atoms with E-state index < -0.39 is 0 Å². The SMILES string of the molecule is C=CC(=O)N(c1ccc(Br)cc1)C(CCC)CCC(C)CC. The van der Waals surface area contributed by atoms with Crippen LogP contribution in [0, 0.1) is 5.92 Å². The molecule has 3 heteroatoms. The van der Waals surface area contributed by atoms with E-state index in [1.165, 1.54) is 12.5 Å². The molecule has 122 valence electrons. The Morgan fingerprint density at radius 2 is 1.86 bits per heavy atom. The number of hydrogen-bond acceptors (Lipinski definition) is 1. The van der Waals surface area contributed by atoms with Gasteiger partial charge in [0.05, 0.1) is 0 Å². The summed E-state index contributed by atoms with van der Waals surface area (Å²) in [5.74, 6) is 0.690. The summed E-state index contributed by atoms with van der Waals surface area (Å²) in [5.41, 5.74) is 0.954. The summed E-state index contributed by atoms with van der Waals surface area (Å²) < 4.78 is 1.02. The number of anilines is 1. The average Bonchev–Trinajstić information content (AvgIpc) is 2.53. The van der Waals surface area contributed by atoms with E-state index in [4.69, 9.17) is 0 Å². The van der Waals surface area contributed by atoms with Crippen molar-refractivity contribution < 1.29 is 4.79 Å². The van der Waals surface area contributed by atoms with Crippen LogP contribution in [0.1, 0.15) is 52.9 Å². The van der Waals surface area contributed by atoms with Crippen LogP contribution in [-0.2, 0) is 4.79 Å². The fourth-order valence-corrected chi connectivity index (χ4v) is 2.90. The van der Waals surface area contributed by atoms with Gasteiger partial charge in [-0.05, 0) is 55.5 Å². The second-order valence-corrected chi connectivity index (χ2v) is 6.84. The second-order valence-electron chi connectivity index (χ2n) is 5.92. The van der Waals surface area contributed by atoms with Crippen molar-refractivity contribution in [1.29, 1.82) is 0 Å². The molecule has 22 heavy (non-hydrogen) atoms. The molecule has 0 aromatic heterocycles. The van der Waals surface area contributed by atoms with Crippen molar-refractivity contribution in [3.63, 3.8) is 0 Å². The normalized spacial score (nSPS) is 13.5. The van der Waals surface area contributed by atoms with Crippen LogP contribution >= 0.6 is 15.9 Å². The molecule has 0 bridgehead atoms. The van der Waals surface area contributed by atoms with Gasteiger partial charge in [0.25, 0.3) is 5.91 Å². The molecule has 1 aromatic carbocycles. The molecule has 1 aromatic rings. The number of benzene rings is 1. The number of carbonyl (C=O) groups is 1. The van der Waals surface area contributed by atoms with E-state index in [2.05, 4.69) is 43.3 Å². The molecular weight excluding hydrogens is 338 g/mol. The van der Waals surface area contributed by atoms with Crippen LogP contribution in [0.3, 0.4) is 0 Å². The van der Waals surface area contributed by atoms with Gasteiger partial charge in [0.2, 0.25) is 0 Å². The highest BCUT2D eigenvalue weighted by Gasteiger charge is 2.23. The summed E-state index contributed by atoms with van der Waals surface area (Å²) in [7, 11) is 0. The third-order valence-electron chi connectivity index (χ3n) is 4.19. The van der Waals surface area contributed by atoms with Crippen molar-refractivity contribution in [2.45, 2.75) is 58.9 Å². The summed E-state index contributed by atoms with van der Waals surface area (Å²) >= 11 is 3.45. The molecule has 0 saturated carbocycles. The molecule has 0 heterocycles. The number of nitrogens with zero attached hydrogens (tertiary/aromatic N) is 1. The number of halogens is 1. The number of amides is 1. The first kappa shape index (κ1) is 19.0. The van der Waals surface area contributed by atoms with E-state index in [1.54, 1.807) is 0 Å². The third kappa shape index (κ3) is 5.60. The molecule has 0 spiro atoms. The van der Waals surface area contributed by atoms with Crippen molar-refractivity contribution >= 4 is 27.5 Å². The largest absolute Gasteiger partial charge is 0.306 e. The van der Waals surface area contributed by atoms with Crippen molar-refractivity contribution in [2.24, 2.45) is 5.92 Å². The van der Waals surface area contributed by atoms with Crippen molar-refractivity contribution in [2.75, 3.05) is 4.90 Å². The Balaban J connectivity index is 3.01. The summed E-state index contributed by atoms with van der Waals surface area (Å²) in [6.07, 6.45) is 6.90. The number of carbonyl (C=O) groups excluding carboxylic acids is 1. The van der Waals surface area contributed by atoms with Gasteiger partial charge >= 0.3 is 0 Å². The highest BCUT2D eigenvalue weighted by Crippen LogP contribution is 2.26. The van der Waals surface area contributed by atoms with Crippen LogP contribution in [0.2, 0.25) is 0 Å². The lowest BCUT2D eigenvalue weighted by atomic mass is 9.95. The van der Waals surface area contributed by atoms with Gasteiger partial charge in [-0.2, -0.15) is 0 Å². The van der Waals surface area contributed by atoms with Gasteiger partial charge in [-0.1, -0.05) is 56.1 Å². The predicted molar refractivity (Wildman–Crippen MR) is 99.2 cm³/mol. The maximum atomic E-state index is 12.4. The van der Waals surface area contributed by atoms with E-state index in [0.717, 1.165) is 35.8 Å². The summed E-state index contributed by atoms with van der Waals surface area (Å²) in [4.78, 5) is 14.3. The first-order valence-electron chi connectivity index (χ1n) is 8.24. The first-order valence-corrected chi connectivity index (χ1v) is 9.03. The average molecular weight is 366 g/mol. The highest BCUT2D eigenvalue weighted by molar-refractivity contribution is 9.10. The van der Waals surface area contributed by atoms with Crippen LogP contribution < -0.4 is 4.90 Å². The minimum absolute atomic E-state index is 0.00933. The smallest absolute Gasteiger partial charge is 0.250 e. The summed E-state index contributed by atoms with van der Waals surface area (Å²) in [6.45, 7) is 10.4. The number of rotatable bonds is 9. The van der Waals surface area contributed by atoms with Gasteiger partial charge in [0.15, 0.2) is 0 Å². The van der Waals surface area contributed by atoms with Gasteiger partial charge < -0.3 is 4.90 Å². The van der Waals surface area contributed by atoms with Gasteiger partial charge in [0, 0.05) is 16.2 Å². The van der Waals surface area contributed by atoms with E-state index in [0.29, 0.717) is 5.92 Å². The van der Waals surface area contributed by atoms with Gasteiger partial charge in [0.1, 0.15) is 0 Å². The molecule has 0 N–H and O–H groups in total. The van der Waals surface area contributed by atoms with Crippen LogP contribution in [0.25, 0.3) is 0 Å². The zero-order valence-electron chi connectivity index (χ0n) is 14.0. The van der Waals surface area contributed by atoms with Crippen LogP contribution in [0.15, 0.2) is 41.4 Å². The lowest BCUT2D eigenvalue weighted by molar-refractivity contribution is -0.114. The summed E-state index contributed by atoms with van der Waals surface area (Å²) in [6, 6.07) is 8.20. The van der Waals surface area contributed by atoms with Crippen molar-refractivity contribution in [1.82, 2.24) is 0 Å². The first-order chi connectivity index (χ1) is 10.5. The molecule has 0 fully saturated rings. The Morgan fingerprint density at radius 1 is 1.23 bits per heavy atom. The molecule has 0 saturated heterocycles. The Morgan fingerprint density at radius 3 is 2.36 bits per heavy atom.